The molecule has 4 nitrogen and oxygen atoms in total. The molecular formula is C15H25NO3S. The van der Waals surface area contributed by atoms with E-state index < -0.39 is 9.84 Å². The summed E-state index contributed by atoms with van der Waals surface area (Å²) in [5.74, 6) is 1.02. The fourth-order valence-electron chi connectivity index (χ4n) is 2.01. The maximum Gasteiger partial charge on any atom is 0.147 e. The minimum absolute atomic E-state index is 0.0416. The van der Waals surface area contributed by atoms with E-state index >= 15 is 0 Å². The van der Waals surface area contributed by atoms with E-state index in [0.717, 1.165) is 24.3 Å². The van der Waals surface area contributed by atoms with Crippen LogP contribution in [-0.4, -0.2) is 33.6 Å². The predicted octanol–water partition coefficient (Wildman–Crippen LogP) is 2.56. The molecule has 0 saturated heterocycles. The lowest BCUT2D eigenvalue weighted by atomic mass is 10.0. The number of ether oxygens (including phenoxy) is 1. The molecule has 5 heteroatoms. The highest BCUT2D eigenvalue weighted by Crippen LogP contribution is 2.22. The van der Waals surface area contributed by atoms with Crippen LogP contribution in [-0.2, 0) is 9.84 Å². The third kappa shape index (κ3) is 6.39. The van der Waals surface area contributed by atoms with Gasteiger partial charge in [-0.05, 0) is 37.1 Å². The van der Waals surface area contributed by atoms with Crippen molar-refractivity contribution < 1.29 is 13.2 Å². The lowest BCUT2D eigenvalue weighted by Crippen LogP contribution is -2.23. The van der Waals surface area contributed by atoms with Crippen LogP contribution in [0.25, 0.3) is 0 Å². The molecule has 0 aromatic heterocycles. The van der Waals surface area contributed by atoms with E-state index in [1.807, 2.05) is 31.2 Å². The first-order valence-electron chi connectivity index (χ1n) is 7.10. The third-order valence-corrected chi connectivity index (χ3v) is 3.94. The highest BCUT2D eigenvalue weighted by molar-refractivity contribution is 7.90. The molecule has 0 aliphatic rings. The molecule has 1 atom stereocenters. The van der Waals surface area contributed by atoms with Crippen molar-refractivity contribution in [3.05, 3.63) is 29.8 Å². The number of hydrogen-bond donors (Lipinski definition) is 1. The number of nitrogens with one attached hydrogen (secondary N) is 1. The van der Waals surface area contributed by atoms with Crippen LogP contribution >= 0.6 is 0 Å². The Hall–Kier alpha value is -1.07. The summed E-state index contributed by atoms with van der Waals surface area (Å²) in [5.41, 5.74) is 1.07. The third-order valence-electron chi connectivity index (χ3n) is 2.96. The quantitative estimate of drug-likeness (QED) is 0.761. The van der Waals surface area contributed by atoms with Gasteiger partial charge in [-0.15, -0.1) is 0 Å². The summed E-state index contributed by atoms with van der Waals surface area (Å²) in [6.45, 7) is 5.58. The van der Waals surface area contributed by atoms with Gasteiger partial charge >= 0.3 is 0 Å². The van der Waals surface area contributed by atoms with Crippen LogP contribution in [0.1, 0.15) is 38.3 Å². The minimum Gasteiger partial charge on any atom is -0.494 e. The molecule has 0 fully saturated rings. The molecule has 0 aliphatic heterocycles. The second-order valence-corrected chi connectivity index (χ2v) is 7.21. The van der Waals surface area contributed by atoms with Gasteiger partial charge < -0.3 is 10.1 Å². The summed E-state index contributed by atoms with van der Waals surface area (Å²) in [5, 5.41) is 3.33. The van der Waals surface area contributed by atoms with Crippen molar-refractivity contribution in [2.45, 2.75) is 32.7 Å². The van der Waals surface area contributed by atoms with Gasteiger partial charge in [-0.2, -0.15) is 0 Å². The Morgan fingerprint density at radius 2 is 2.05 bits per heavy atom. The monoisotopic (exact) mass is 299 g/mol. The molecule has 0 radical (unpaired) electrons. The standard InChI is InChI=1S/C15H25NO3S/c1-4-10-19-14-8-6-7-13(12-14)15(16-5-2)9-11-20(3,17)18/h6-8,12,15-16H,4-5,9-11H2,1-3H3. The molecule has 1 unspecified atom stereocenters. The first-order valence-corrected chi connectivity index (χ1v) is 9.16. The first kappa shape index (κ1) is 17.0. The van der Waals surface area contributed by atoms with Gasteiger partial charge in [0.15, 0.2) is 0 Å². The van der Waals surface area contributed by atoms with Crippen LogP contribution in [0.5, 0.6) is 5.75 Å². The van der Waals surface area contributed by atoms with Crippen LogP contribution < -0.4 is 10.1 Å². The van der Waals surface area contributed by atoms with Crippen molar-refractivity contribution in [3.8, 4) is 5.75 Å². The van der Waals surface area contributed by atoms with E-state index in [4.69, 9.17) is 4.74 Å². The van der Waals surface area contributed by atoms with Crippen LogP contribution in [0.4, 0.5) is 0 Å². The smallest absolute Gasteiger partial charge is 0.147 e. The molecule has 0 spiro atoms. The second kappa shape index (κ2) is 8.27. The molecule has 1 N–H and O–H groups in total. The van der Waals surface area contributed by atoms with Crippen LogP contribution in [0.3, 0.4) is 0 Å². The minimum atomic E-state index is -2.94. The van der Waals surface area contributed by atoms with Crippen molar-refractivity contribution in [1.29, 1.82) is 0 Å². The van der Waals surface area contributed by atoms with Crippen molar-refractivity contribution in [1.82, 2.24) is 5.32 Å². The number of hydrogen-bond acceptors (Lipinski definition) is 4. The summed E-state index contributed by atoms with van der Waals surface area (Å²) in [6.07, 6.45) is 2.82. The molecule has 1 aromatic carbocycles. The highest BCUT2D eigenvalue weighted by Gasteiger charge is 2.14. The maximum atomic E-state index is 11.3. The summed E-state index contributed by atoms with van der Waals surface area (Å²) in [7, 11) is -2.94. The molecule has 1 aromatic rings. The van der Waals surface area contributed by atoms with Gasteiger partial charge in [-0.25, -0.2) is 8.42 Å². The molecule has 20 heavy (non-hydrogen) atoms. The van der Waals surface area contributed by atoms with Gasteiger partial charge in [0.25, 0.3) is 0 Å². The van der Waals surface area contributed by atoms with E-state index in [-0.39, 0.29) is 11.8 Å². The molecular weight excluding hydrogens is 274 g/mol. The predicted molar refractivity (Wildman–Crippen MR) is 83.0 cm³/mol. The topological polar surface area (TPSA) is 55.4 Å². The van der Waals surface area contributed by atoms with Crippen molar-refractivity contribution in [2.75, 3.05) is 25.2 Å². The lowest BCUT2D eigenvalue weighted by molar-refractivity contribution is 0.316. The SMILES string of the molecule is CCCOc1cccc(C(CCS(C)(=O)=O)NCC)c1. The Balaban J connectivity index is 2.79. The van der Waals surface area contributed by atoms with Gasteiger partial charge in [-0.1, -0.05) is 26.0 Å². The fourth-order valence-corrected chi connectivity index (χ4v) is 2.67. The molecule has 1 rings (SSSR count). The largest absolute Gasteiger partial charge is 0.494 e. The maximum absolute atomic E-state index is 11.3. The summed E-state index contributed by atoms with van der Waals surface area (Å²) >= 11 is 0. The van der Waals surface area contributed by atoms with E-state index in [1.54, 1.807) is 0 Å². The van der Waals surface area contributed by atoms with Gasteiger partial charge in [0, 0.05) is 12.3 Å². The van der Waals surface area contributed by atoms with Crippen LogP contribution in [0.15, 0.2) is 24.3 Å². The van der Waals surface area contributed by atoms with E-state index in [2.05, 4.69) is 12.2 Å². The average molecular weight is 299 g/mol. The Bertz CT molecular complexity index is 500. The highest BCUT2D eigenvalue weighted by atomic mass is 32.2. The van der Waals surface area contributed by atoms with Gasteiger partial charge in [0.2, 0.25) is 0 Å². The number of rotatable bonds is 9. The number of benzene rings is 1. The molecule has 0 saturated carbocycles. The lowest BCUT2D eigenvalue weighted by Gasteiger charge is -2.18. The molecule has 0 bridgehead atoms. The second-order valence-electron chi connectivity index (χ2n) is 4.95. The first-order chi connectivity index (χ1) is 9.46. The zero-order valence-electron chi connectivity index (χ0n) is 12.6. The Morgan fingerprint density at radius 1 is 1.30 bits per heavy atom. The zero-order chi connectivity index (χ0) is 15.0. The van der Waals surface area contributed by atoms with Gasteiger partial charge in [0.1, 0.15) is 15.6 Å². The van der Waals surface area contributed by atoms with E-state index in [0.29, 0.717) is 13.0 Å². The van der Waals surface area contributed by atoms with Crippen LogP contribution in [0.2, 0.25) is 0 Å². The average Bonchev–Trinajstić information content (AvgIpc) is 2.40. The van der Waals surface area contributed by atoms with Gasteiger partial charge in [0.05, 0.1) is 12.4 Å². The Morgan fingerprint density at radius 3 is 2.65 bits per heavy atom. The normalized spacial score (nSPS) is 13.2. The van der Waals surface area contributed by atoms with Crippen molar-refractivity contribution in [3.63, 3.8) is 0 Å². The Labute approximate surface area is 122 Å². The Kier molecular flexibility index (Phi) is 7.02. The summed E-state index contributed by atoms with van der Waals surface area (Å²) in [6, 6.07) is 7.92. The fraction of sp³-hybridized carbons (Fsp3) is 0.600. The molecule has 0 aliphatic carbocycles. The van der Waals surface area contributed by atoms with Crippen molar-refractivity contribution >= 4 is 9.84 Å². The van der Waals surface area contributed by atoms with E-state index in [1.165, 1.54) is 6.26 Å². The molecule has 0 amide bonds. The van der Waals surface area contributed by atoms with Gasteiger partial charge in [-0.3, -0.25) is 0 Å². The molecule has 0 heterocycles. The van der Waals surface area contributed by atoms with E-state index in [9.17, 15) is 8.42 Å². The molecule has 114 valence electrons. The zero-order valence-corrected chi connectivity index (χ0v) is 13.4. The number of sulfone groups is 1. The summed E-state index contributed by atoms with van der Waals surface area (Å²) < 4.78 is 28.3. The summed E-state index contributed by atoms with van der Waals surface area (Å²) in [4.78, 5) is 0. The van der Waals surface area contributed by atoms with Crippen LogP contribution in [0, 0.1) is 0 Å². The van der Waals surface area contributed by atoms with Crippen molar-refractivity contribution in [2.24, 2.45) is 0 Å².